The highest BCUT2D eigenvalue weighted by atomic mass is 19.1. The van der Waals surface area contributed by atoms with E-state index in [4.69, 9.17) is 0 Å². The largest absolute Gasteiger partial charge is 0.295 e. The van der Waals surface area contributed by atoms with Crippen LogP contribution in [0.15, 0.2) is 35.7 Å². The first kappa shape index (κ1) is 7.92. The van der Waals surface area contributed by atoms with E-state index in [1.165, 1.54) is 19.1 Å². The number of carbonyl (C=O) groups is 1. The quantitative estimate of drug-likeness (QED) is 0.563. The summed E-state index contributed by atoms with van der Waals surface area (Å²) in [5.74, 6) is -0.280. The molecule has 0 aromatic heterocycles. The van der Waals surface area contributed by atoms with E-state index in [0.717, 1.165) is 0 Å². The van der Waals surface area contributed by atoms with Crippen molar-refractivity contribution < 1.29 is 9.18 Å². The van der Waals surface area contributed by atoms with Crippen LogP contribution in [-0.2, 0) is 4.79 Å². The summed E-state index contributed by atoms with van der Waals surface area (Å²) in [5.41, 5.74) is 0.647. The van der Waals surface area contributed by atoms with Crippen molar-refractivity contribution in [2.45, 2.75) is 13.3 Å². The van der Waals surface area contributed by atoms with Gasteiger partial charge >= 0.3 is 0 Å². The Kier molecular flexibility index (Phi) is 2.36. The SMILES string of the molecule is CC(=O)C1=CC=CC(F)=CC1. The zero-order chi connectivity index (χ0) is 8.27. The average Bonchev–Trinajstić information content (AvgIpc) is 2.13. The number of halogens is 1. The molecular formula is C9H9FO. The summed E-state index contributed by atoms with van der Waals surface area (Å²) >= 11 is 0. The first-order chi connectivity index (χ1) is 5.20. The van der Waals surface area contributed by atoms with Gasteiger partial charge < -0.3 is 0 Å². The van der Waals surface area contributed by atoms with E-state index in [1.807, 2.05) is 0 Å². The van der Waals surface area contributed by atoms with Gasteiger partial charge in [-0.25, -0.2) is 4.39 Å². The molecule has 1 rings (SSSR count). The van der Waals surface area contributed by atoms with Crippen molar-refractivity contribution in [2.24, 2.45) is 0 Å². The Morgan fingerprint density at radius 1 is 1.64 bits per heavy atom. The molecule has 0 N–H and O–H groups in total. The normalized spacial score (nSPS) is 16.9. The maximum atomic E-state index is 12.5. The molecule has 0 fully saturated rings. The fourth-order valence-electron chi connectivity index (χ4n) is 0.861. The molecule has 0 atom stereocenters. The zero-order valence-electron chi connectivity index (χ0n) is 6.30. The van der Waals surface area contributed by atoms with Gasteiger partial charge in [-0.15, -0.1) is 0 Å². The Bertz CT molecular complexity index is 256. The average molecular weight is 152 g/mol. The van der Waals surface area contributed by atoms with Gasteiger partial charge in [0.05, 0.1) is 0 Å². The summed E-state index contributed by atoms with van der Waals surface area (Å²) in [6, 6.07) is 0. The van der Waals surface area contributed by atoms with Gasteiger partial charge in [0.25, 0.3) is 0 Å². The first-order valence-corrected chi connectivity index (χ1v) is 3.44. The minimum absolute atomic E-state index is 0.000556. The molecule has 0 radical (unpaired) electrons. The summed E-state index contributed by atoms with van der Waals surface area (Å²) in [4.78, 5) is 10.8. The molecule has 2 heteroatoms. The second-order valence-corrected chi connectivity index (χ2v) is 2.40. The van der Waals surface area contributed by atoms with Crippen LogP contribution >= 0.6 is 0 Å². The Morgan fingerprint density at radius 3 is 3.00 bits per heavy atom. The molecule has 0 aromatic carbocycles. The van der Waals surface area contributed by atoms with Crippen LogP contribution in [0, 0.1) is 0 Å². The van der Waals surface area contributed by atoms with Crippen LogP contribution in [0.1, 0.15) is 13.3 Å². The Hall–Kier alpha value is -1.18. The molecule has 0 unspecified atom stereocenters. The standard InChI is InChI=1S/C9H9FO/c1-7(11)8-3-2-4-9(10)6-5-8/h2-4,6H,5H2,1H3. The van der Waals surface area contributed by atoms with Crippen molar-refractivity contribution in [1.82, 2.24) is 0 Å². The van der Waals surface area contributed by atoms with E-state index in [1.54, 1.807) is 12.2 Å². The lowest BCUT2D eigenvalue weighted by Crippen LogP contribution is -1.93. The van der Waals surface area contributed by atoms with Crippen LogP contribution < -0.4 is 0 Å². The first-order valence-electron chi connectivity index (χ1n) is 3.44. The summed E-state index contributed by atoms with van der Waals surface area (Å²) in [7, 11) is 0. The number of allylic oxidation sites excluding steroid dienone is 6. The topological polar surface area (TPSA) is 17.1 Å². The molecule has 0 heterocycles. The lowest BCUT2D eigenvalue weighted by molar-refractivity contribution is -0.113. The second kappa shape index (κ2) is 3.28. The highest BCUT2D eigenvalue weighted by Gasteiger charge is 2.02. The van der Waals surface area contributed by atoms with Crippen molar-refractivity contribution in [3.05, 3.63) is 35.7 Å². The van der Waals surface area contributed by atoms with Gasteiger partial charge in [0, 0.05) is 0 Å². The Balaban J connectivity index is 2.82. The van der Waals surface area contributed by atoms with Crippen LogP contribution in [-0.4, -0.2) is 5.78 Å². The minimum Gasteiger partial charge on any atom is -0.295 e. The van der Waals surface area contributed by atoms with Gasteiger partial charge in [-0.05, 0) is 31.1 Å². The van der Waals surface area contributed by atoms with Gasteiger partial charge in [-0.2, -0.15) is 0 Å². The number of carbonyl (C=O) groups excluding carboxylic acids is 1. The second-order valence-electron chi connectivity index (χ2n) is 2.40. The summed E-state index contributed by atoms with van der Waals surface area (Å²) in [5, 5.41) is 0. The smallest absolute Gasteiger partial charge is 0.156 e. The van der Waals surface area contributed by atoms with Crippen LogP contribution in [0.4, 0.5) is 4.39 Å². The monoisotopic (exact) mass is 152 g/mol. The number of Topliss-reactive ketones (excluding diaryl/α,β-unsaturated/α-hetero) is 1. The van der Waals surface area contributed by atoms with Gasteiger partial charge in [0.2, 0.25) is 0 Å². The van der Waals surface area contributed by atoms with Gasteiger partial charge in [-0.3, -0.25) is 4.79 Å². The predicted molar refractivity (Wildman–Crippen MR) is 41.7 cm³/mol. The molecular weight excluding hydrogens is 143 g/mol. The van der Waals surface area contributed by atoms with Crippen LogP contribution in [0.3, 0.4) is 0 Å². The van der Waals surface area contributed by atoms with E-state index in [0.29, 0.717) is 12.0 Å². The zero-order valence-corrected chi connectivity index (χ0v) is 6.30. The minimum atomic E-state index is -0.280. The third kappa shape index (κ3) is 2.15. The van der Waals surface area contributed by atoms with Crippen LogP contribution in [0.2, 0.25) is 0 Å². The molecule has 11 heavy (non-hydrogen) atoms. The Labute approximate surface area is 64.9 Å². The van der Waals surface area contributed by atoms with Crippen LogP contribution in [0.5, 0.6) is 0 Å². The van der Waals surface area contributed by atoms with Gasteiger partial charge in [0.1, 0.15) is 5.83 Å². The maximum absolute atomic E-state index is 12.5. The lowest BCUT2D eigenvalue weighted by Gasteiger charge is -1.94. The molecule has 0 aliphatic heterocycles. The van der Waals surface area contributed by atoms with Crippen molar-refractivity contribution in [2.75, 3.05) is 0 Å². The predicted octanol–water partition coefficient (Wildman–Crippen LogP) is 2.32. The highest BCUT2D eigenvalue weighted by Crippen LogP contribution is 2.12. The fourth-order valence-corrected chi connectivity index (χ4v) is 0.861. The Morgan fingerprint density at radius 2 is 2.36 bits per heavy atom. The lowest BCUT2D eigenvalue weighted by atomic mass is 10.1. The van der Waals surface area contributed by atoms with E-state index >= 15 is 0 Å². The van der Waals surface area contributed by atoms with Gasteiger partial charge in [0.15, 0.2) is 5.78 Å². The number of ketones is 1. The third-order valence-electron chi connectivity index (χ3n) is 1.52. The molecule has 1 aliphatic rings. The van der Waals surface area contributed by atoms with E-state index in [-0.39, 0.29) is 11.6 Å². The van der Waals surface area contributed by atoms with Crippen molar-refractivity contribution in [3.63, 3.8) is 0 Å². The number of rotatable bonds is 1. The summed E-state index contributed by atoms with van der Waals surface area (Å²) in [6.07, 6.45) is 6.34. The molecule has 1 nitrogen and oxygen atoms in total. The van der Waals surface area contributed by atoms with Crippen molar-refractivity contribution in [3.8, 4) is 0 Å². The van der Waals surface area contributed by atoms with Gasteiger partial charge in [-0.1, -0.05) is 12.2 Å². The third-order valence-corrected chi connectivity index (χ3v) is 1.52. The molecule has 58 valence electrons. The molecule has 0 bridgehead atoms. The fraction of sp³-hybridized carbons (Fsp3) is 0.222. The number of hydrogen-bond donors (Lipinski definition) is 0. The molecule has 0 saturated heterocycles. The molecule has 0 aromatic rings. The summed E-state index contributed by atoms with van der Waals surface area (Å²) in [6.45, 7) is 1.48. The molecule has 0 spiro atoms. The molecule has 0 amide bonds. The summed E-state index contributed by atoms with van der Waals surface area (Å²) < 4.78 is 12.5. The van der Waals surface area contributed by atoms with Crippen molar-refractivity contribution >= 4 is 5.78 Å². The van der Waals surface area contributed by atoms with Crippen LogP contribution in [0.25, 0.3) is 0 Å². The van der Waals surface area contributed by atoms with E-state index < -0.39 is 0 Å². The van der Waals surface area contributed by atoms with E-state index in [9.17, 15) is 9.18 Å². The number of hydrogen-bond acceptors (Lipinski definition) is 1. The highest BCUT2D eigenvalue weighted by molar-refractivity contribution is 5.93. The van der Waals surface area contributed by atoms with E-state index in [2.05, 4.69) is 0 Å². The molecule has 0 saturated carbocycles. The molecule has 1 aliphatic carbocycles. The van der Waals surface area contributed by atoms with Crippen molar-refractivity contribution in [1.29, 1.82) is 0 Å². The maximum Gasteiger partial charge on any atom is 0.156 e.